The zero-order valence-corrected chi connectivity index (χ0v) is 10.4. The summed E-state index contributed by atoms with van der Waals surface area (Å²) in [5.74, 6) is 0.983. The van der Waals surface area contributed by atoms with Crippen molar-refractivity contribution < 1.29 is 13.9 Å². The molecule has 96 valence electrons. The highest BCUT2D eigenvalue weighted by molar-refractivity contribution is 5.38. The Labute approximate surface area is 110 Å². The fourth-order valence-corrected chi connectivity index (χ4v) is 1.62. The van der Waals surface area contributed by atoms with Crippen LogP contribution < -0.4 is 9.47 Å². The molecule has 0 unspecified atom stereocenters. The summed E-state index contributed by atoms with van der Waals surface area (Å²) < 4.78 is 23.7. The Balaban J connectivity index is 2.09. The highest BCUT2D eigenvalue weighted by Gasteiger charge is 2.05. The number of hydrogen-bond acceptors (Lipinski definition) is 3. The summed E-state index contributed by atoms with van der Waals surface area (Å²) in [5.41, 5.74) is 0.938. The lowest BCUT2D eigenvalue weighted by Crippen LogP contribution is -1.99. The molecule has 0 radical (unpaired) electrons. The molecule has 0 aromatic heterocycles. The maximum Gasteiger partial charge on any atom is 0.123 e. The van der Waals surface area contributed by atoms with Crippen LogP contribution in [0.5, 0.6) is 11.5 Å². The first-order valence-electron chi connectivity index (χ1n) is 5.68. The topological polar surface area (TPSA) is 42.2 Å². The van der Waals surface area contributed by atoms with Gasteiger partial charge in [0.25, 0.3) is 0 Å². The summed E-state index contributed by atoms with van der Waals surface area (Å²) in [4.78, 5) is 0. The van der Waals surface area contributed by atoms with E-state index in [0.29, 0.717) is 16.9 Å². The lowest BCUT2D eigenvalue weighted by molar-refractivity contribution is 0.304. The van der Waals surface area contributed by atoms with Gasteiger partial charge in [-0.05, 0) is 42.5 Å². The molecule has 3 nitrogen and oxygen atoms in total. The van der Waals surface area contributed by atoms with Crippen LogP contribution in [0, 0.1) is 17.1 Å². The Morgan fingerprint density at radius 1 is 1.11 bits per heavy atom. The number of ether oxygens (including phenoxy) is 2. The first kappa shape index (κ1) is 12.9. The Hall–Kier alpha value is -2.54. The van der Waals surface area contributed by atoms with Crippen LogP contribution in [0.15, 0.2) is 42.5 Å². The van der Waals surface area contributed by atoms with Crippen molar-refractivity contribution in [2.75, 3.05) is 7.11 Å². The Kier molecular flexibility index (Phi) is 3.99. The second-order valence-corrected chi connectivity index (χ2v) is 3.88. The first-order valence-corrected chi connectivity index (χ1v) is 5.68. The Bertz CT molecular complexity index is 603. The van der Waals surface area contributed by atoms with Crippen LogP contribution in [-0.2, 0) is 6.61 Å². The molecular formula is C15H12FNO2. The highest BCUT2D eigenvalue weighted by atomic mass is 19.1. The normalized spacial score (nSPS) is 9.74. The molecule has 0 aliphatic carbocycles. The molecule has 0 bridgehead atoms. The molecule has 0 atom stereocenters. The number of hydrogen-bond donors (Lipinski definition) is 0. The third kappa shape index (κ3) is 3.23. The van der Waals surface area contributed by atoms with Gasteiger partial charge in [0, 0.05) is 5.56 Å². The van der Waals surface area contributed by atoms with E-state index in [1.807, 2.05) is 6.07 Å². The Morgan fingerprint density at radius 2 is 1.79 bits per heavy atom. The number of methoxy groups -OCH3 is 1. The fraction of sp³-hybridized carbons (Fsp3) is 0.133. The molecule has 0 spiro atoms. The molecule has 2 aromatic carbocycles. The van der Waals surface area contributed by atoms with Crippen molar-refractivity contribution >= 4 is 0 Å². The van der Waals surface area contributed by atoms with E-state index >= 15 is 0 Å². The largest absolute Gasteiger partial charge is 0.497 e. The molecular weight excluding hydrogens is 245 g/mol. The van der Waals surface area contributed by atoms with Crippen LogP contribution in [0.25, 0.3) is 0 Å². The van der Waals surface area contributed by atoms with E-state index in [-0.39, 0.29) is 12.4 Å². The zero-order valence-electron chi connectivity index (χ0n) is 10.4. The monoisotopic (exact) mass is 257 g/mol. The van der Waals surface area contributed by atoms with Crippen molar-refractivity contribution in [1.82, 2.24) is 0 Å². The van der Waals surface area contributed by atoms with Gasteiger partial charge in [-0.2, -0.15) is 5.26 Å². The standard InChI is InChI=1S/C15H12FNO2/c1-18-14-4-6-15(7-5-14)19-10-12-8-13(16)3-2-11(12)9-17/h2-8H,10H2,1H3. The number of benzene rings is 2. The minimum absolute atomic E-state index is 0.146. The maximum absolute atomic E-state index is 13.1. The van der Waals surface area contributed by atoms with E-state index in [0.717, 1.165) is 5.75 Å². The molecule has 0 aliphatic heterocycles. The zero-order chi connectivity index (χ0) is 13.7. The lowest BCUT2D eigenvalue weighted by Gasteiger charge is -2.08. The SMILES string of the molecule is COc1ccc(OCc2cc(F)ccc2C#N)cc1. The summed E-state index contributed by atoms with van der Waals surface area (Å²) in [5, 5.41) is 8.93. The van der Waals surface area contributed by atoms with Gasteiger partial charge in [-0.25, -0.2) is 4.39 Å². The molecule has 2 rings (SSSR count). The predicted octanol–water partition coefficient (Wildman–Crippen LogP) is 3.28. The lowest BCUT2D eigenvalue weighted by atomic mass is 10.1. The van der Waals surface area contributed by atoms with Crippen LogP contribution in [0.2, 0.25) is 0 Å². The second-order valence-electron chi connectivity index (χ2n) is 3.88. The molecule has 0 fully saturated rings. The summed E-state index contributed by atoms with van der Waals surface area (Å²) in [7, 11) is 1.59. The van der Waals surface area contributed by atoms with Gasteiger partial charge in [0.05, 0.1) is 18.7 Å². The number of rotatable bonds is 4. The van der Waals surface area contributed by atoms with E-state index in [1.165, 1.54) is 18.2 Å². The fourth-order valence-electron chi connectivity index (χ4n) is 1.62. The summed E-state index contributed by atoms with van der Waals surface area (Å²) in [6, 6.07) is 13.1. The van der Waals surface area contributed by atoms with Gasteiger partial charge >= 0.3 is 0 Å². The molecule has 0 saturated heterocycles. The minimum Gasteiger partial charge on any atom is -0.497 e. The first-order chi connectivity index (χ1) is 9.22. The molecule has 0 amide bonds. The predicted molar refractivity (Wildman–Crippen MR) is 68.4 cm³/mol. The highest BCUT2D eigenvalue weighted by Crippen LogP contribution is 2.19. The van der Waals surface area contributed by atoms with Gasteiger partial charge in [-0.3, -0.25) is 0 Å². The molecule has 0 N–H and O–H groups in total. The van der Waals surface area contributed by atoms with Crippen LogP contribution in [-0.4, -0.2) is 7.11 Å². The average molecular weight is 257 g/mol. The van der Waals surface area contributed by atoms with Crippen LogP contribution in [0.3, 0.4) is 0 Å². The van der Waals surface area contributed by atoms with Gasteiger partial charge in [-0.15, -0.1) is 0 Å². The van der Waals surface area contributed by atoms with Crippen molar-refractivity contribution in [3.05, 3.63) is 59.4 Å². The summed E-state index contributed by atoms with van der Waals surface area (Å²) in [6.45, 7) is 0.146. The molecule has 0 saturated carbocycles. The summed E-state index contributed by atoms with van der Waals surface area (Å²) in [6.07, 6.45) is 0. The van der Waals surface area contributed by atoms with Crippen molar-refractivity contribution in [3.63, 3.8) is 0 Å². The number of nitriles is 1. The van der Waals surface area contributed by atoms with E-state index in [9.17, 15) is 4.39 Å². The van der Waals surface area contributed by atoms with Gasteiger partial charge in [0.2, 0.25) is 0 Å². The van der Waals surface area contributed by atoms with Crippen LogP contribution in [0.1, 0.15) is 11.1 Å². The molecule has 0 aliphatic rings. The second kappa shape index (κ2) is 5.87. The van der Waals surface area contributed by atoms with Crippen molar-refractivity contribution in [3.8, 4) is 17.6 Å². The van der Waals surface area contributed by atoms with Crippen molar-refractivity contribution in [2.45, 2.75) is 6.61 Å². The van der Waals surface area contributed by atoms with Gasteiger partial charge in [0.15, 0.2) is 0 Å². The molecule has 4 heteroatoms. The maximum atomic E-state index is 13.1. The van der Waals surface area contributed by atoms with Crippen molar-refractivity contribution in [2.24, 2.45) is 0 Å². The summed E-state index contributed by atoms with van der Waals surface area (Å²) >= 11 is 0. The minimum atomic E-state index is -0.382. The van der Waals surface area contributed by atoms with E-state index in [2.05, 4.69) is 0 Å². The average Bonchev–Trinajstić information content (AvgIpc) is 2.46. The smallest absolute Gasteiger partial charge is 0.123 e. The third-order valence-electron chi connectivity index (χ3n) is 2.64. The van der Waals surface area contributed by atoms with Crippen LogP contribution >= 0.6 is 0 Å². The van der Waals surface area contributed by atoms with Gasteiger partial charge in [0.1, 0.15) is 23.9 Å². The third-order valence-corrected chi connectivity index (χ3v) is 2.64. The van der Waals surface area contributed by atoms with E-state index in [4.69, 9.17) is 14.7 Å². The van der Waals surface area contributed by atoms with Crippen LogP contribution in [0.4, 0.5) is 4.39 Å². The molecule has 19 heavy (non-hydrogen) atoms. The quantitative estimate of drug-likeness (QED) is 0.844. The Morgan fingerprint density at radius 3 is 2.42 bits per heavy atom. The number of halogens is 1. The molecule has 0 heterocycles. The van der Waals surface area contributed by atoms with Gasteiger partial charge in [-0.1, -0.05) is 0 Å². The van der Waals surface area contributed by atoms with E-state index < -0.39 is 0 Å². The molecule has 2 aromatic rings. The van der Waals surface area contributed by atoms with Gasteiger partial charge < -0.3 is 9.47 Å². The van der Waals surface area contributed by atoms with E-state index in [1.54, 1.807) is 31.4 Å². The van der Waals surface area contributed by atoms with Crippen molar-refractivity contribution in [1.29, 1.82) is 5.26 Å². The number of nitrogens with zero attached hydrogens (tertiary/aromatic N) is 1.